The number of allylic oxidation sites excluding steroid dienone is 2. The van der Waals surface area contributed by atoms with Crippen molar-refractivity contribution in [2.24, 2.45) is 5.92 Å². The topological polar surface area (TPSA) is 53.7 Å². The van der Waals surface area contributed by atoms with Crippen LogP contribution in [0.15, 0.2) is 63.9 Å². The fourth-order valence-electron chi connectivity index (χ4n) is 5.20. The quantitative estimate of drug-likeness (QED) is 0.260. The van der Waals surface area contributed by atoms with E-state index in [0.29, 0.717) is 12.5 Å². The minimum absolute atomic E-state index is 0.257. The number of carboxylic acids is 1. The first-order chi connectivity index (χ1) is 18.7. The molecule has 8 heteroatoms. The van der Waals surface area contributed by atoms with Crippen LogP contribution in [-0.2, 0) is 22.9 Å². The van der Waals surface area contributed by atoms with E-state index in [-0.39, 0.29) is 12.3 Å². The molecule has 0 spiro atoms. The highest BCUT2D eigenvalue weighted by Crippen LogP contribution is 2.38. The van der Waals surface area contributed by atoms with Crippen molar-refractivity contribution in [3.63, 3.8) is 0 Å². The van der Waals surface area contributed by atoms with Crippen LogP contribution in [0.1, 0.15) is 72.4 Å². The van der Waals surface area contributed by atoms with Gasteiger partial charge in [0.05, 0.1) is 12.0 Å². The Morgan fingerprint density at radius 1 is 1.07 bits per heavy atom. The zero-order valence-electron chi connectivity index (χ0n) is 23.6. The fraction of sp³-hybridized carbons (Fsp3) is 0.406. The lowest BCUT2D eigenvalue weighted by molar-refractivity contribution is -0.153. The monoisotopic (exact) mass is 571 g/mol. The highest BCUT2D eigenvalue weighted by atomic mass is 32.2. The normalized spacial score (nSPS) is 16.3. The van der Waals surface area contributed by atoms with Crippen molar-refractivity contribution in [1.29, 1.82) is 0 Å². The van der Waals surface area contributed by atoms with Crippen molar-refractivity contribution in [2.45, 2.75) is 76.9 Å². The number of carboxylic acid groups (broad SMARTS) is 1. The van der Waals surface area contributed by atoms with E-state index in [4.69, 9.17) is 4.42 Å². The maximum Gasteiger partial charge on any atom is 0.449 e. The van der Waals surface area contributed by atoms with Gasteiger partial charge in [-0.1, -0.05) is 48.0 Å². The number of aryl methyl sites for hydroxylation is 3. The van der Waals surface area contributed by atoms with Crippen LogP contribution in [0.3, 0.4) is 0 Å². The van der Waals surface area contributed by atoms with Gasteiger partial charge in [-0.15, -0.1) is 0 Å². The molecule has 214 valence electrons. The van der Waals surface area contributed by atoms with Crippen molar-refractivity contribution in [3.05, 3.63) is 93.9 Å². The summed E-state index contributed by atoms with van der Waals surface area (Å²) in [4.78, 5) is 12.9. The summed E-state index contributed by atoms with van der Waals surface area (Å²) in [6.07, 6.45) is 0.314. The van der Waals surface area contributed by atoms with Crippen molar-refractivity contribution >= 4 is 23.5 Å². The second-order valence-corrected chi connectivity index (χ2v) is 12.4. The number of hydrogen-bond donors (Lipinski definition) is 1. The molecule has 1 atom stereocenters. The van der Waals surface area contributed by atoms with Gasteiger partial charge in [-0.05, 0) is 112 Å². The lowest BCUT2D eigenvalue weighted by Crippen LogP contribution is -2.28. The van der Waals surface area contributed by atoms with Gasteiger partial charge >= 0.3 is 12.1 Å². The molecular weight excluding hydrogens is 535 g/mol. The minimum atomic E-state index is -4.51. The molecular formula is C32H36F3NO3S. The summed E-state index contributed by atoms with van der Waals surface area (Å²) in [6.45, 7) is 10.5. The van der Waals surface area contributed by atoms with Crippen LogP contribution in [0.5, 0.6) is 0 Å². The van der Waals surface area contributed by atoms with Crippen LogP contribution in [0.4, 0.5) is 13.2 Å². The Kier molecular flexibility index (Phi) is 8.90. The van der Waals surface area contributed by atoms with Gasteiger partial charge in [0.25, 0.3) is 0 Å². The Hall–Kier alpha value is -2.97. The Labute approximate surface area is 238 Å². The van der Waals surface area contributed by atoms with Crippen molar-refractivity contribution in [2.75, 3.05) is 6.54 Å². The van der Waals surface area contributed by atoms with Crippen LogP contribution < -0.4 is 0 Å². The smallest absolute Gasteiger partial charge is 0.449 e. The maximum atomic E-state index is 13.2. The molecule has 3 aromatic rings. The van der Waals surface area contributed by atoms with Gasteiger partial charge in [0.2, 0.25) is 5.76 Å². The van der Waals surface area contributed by atoms with Gasteiger partial charge in [-0.3, -0.25) is 4.79 Å². The molecule has 1 N–H and O–H groups in total. The highest BCUT2D eigenvalue weighted by Gasteiger charge is 2.35. The molecule has 4 rings (SSSR count). The lowest BCUT2D eigenvalue weighted by Gasteiger charge is -2.29. The number of rotatable bonds is 9. The van der Waals surface area contributed by atoms with Crippen LogP contribution >= 0.6 is 11.9 Å². The molecule has 0 saturated carbocycles. The standard InChI is InChI=1S/C32H36F3NO3S/c1-20-15-21(2)29(22(3)16-20)40-36(19-27-13-14-28(39-27)32(33,34)35)18-23-9-11-24(12-10-23)25-7-6-8-26(17-25)31(4,5)30(37)38/h6-8,11,13-17,23H,9-10,12,18-19H2,1-5H3,(H,37,38). The number of aliphatic carboxylic acids is 1. The van der Waals surface area contributed by atoms with Crippen LogP contribution in [0.2, 0.25) is 0 Å². The van der Waals surface area contributed by atoms with Gasteiger partial charge in [0.1, 0.15) is 5.76 Å². The number of furan rings is 1. The molecule has 0 radical (unpaired) electrons. The third kappa shape index (κ3) is 7.02. The van der Waals surface area contributed by atoms with Crippen molar-refractivity contribution < 1.29 is 27.5 Å². The molecule has 1 unspecified atom stereocenters. The Morgan fingerprint density at radius 3 is 2.35 bits per heavy atom. The lowest BCUT2D eigenvalue weighted by atomic mass is 9.81. The first kappa shape index (κ1) is 30.0. The molecule has 0 bridgehead atoms. The first-order valence-corrected chi connectivity index (χ1v) is 14.2. The Morgan fingerprint density at radius 2 is 1.77 bits per heavy atom. The zero-order valence-corrected chi connectivity index (χ0v) is 24.4. The van der Waals surface area contributed by atoms with Crippen molar-refractivity contribution in [3.8, 4) is 0 Å². The predicted molar refractivity (Wildman–Crippen MR) is 153 cm³/mol. The molecule has 1 heterocycles. The molecule has 1 aliphatic carbocycles. The molecule has 40 heavy (non-hydrogen) atoms. The van der Waals surface area contributed by atoms with E-state index < -0.39 is 23.3 Å². The number of nitrogens with zero attached hydrogens (tertiary/aromatic N) is 1. The highest BCUT2D eigenvalue weighted by molar-refractivity contribution is 7.97. The Balaban J connectivity index is 1.52. The van der Waals surface area contributed by atoms with Crippen LogP contribution in [0.25, 0.3) is 5.57 Å². The van der Waals surface area contributed by atoms with Crippen LogP contribution in [-0.4, -0.2) is 21.9 Å². The van der Waals surface area contributed by atoms with Gasteiger partial charge in [0, 0.05) is 11.4 Å². The second kappa shape index (κ2) is 11.9. The molecule has 4 nitrogen and oxygen atoms in total. The number of hydrogen-bond acceptors (Lipinski definition) is 4. The molecule has 1 aromatic heterocycles. The van der Waals surface area contributed by atoms with Crippen molar-refractivity contribution in [1.82, 2.24) is 4.31 Å². The average molecular weight is 572 g/mol. The summed E-state index contributed by atoms with van der Waals surface area (Å²) in [5, 5.41) is 9.63. The van der Waals surface area contributed by atoms with E-state index in [2.05, 4.69) is 43.3 Å². The molecule has 0 saturated heterocycles. The summed E-state index contributed by atoms with van der Waals surface area (Å²) < 4.78 is 46.8. The molecule has 1 aliphatic rings. The van der Waals surface area contributed by atoms with Crippen LogP contribution in [0, 0.1) is 26.7 Å². The van der Waals surface area contributed by atoms with E-state index in [9.17, 15) is 23.1 Å². The number of benzene rings is 2. The third-order valence-electron chi connectivity index (χ3n) is 7.57. The second-order valence-electron chi connectivity index (χ2n) is 11.3. The zero-order chi connectivity index (χ0) is 29.2. The van der Waals surface area contributed by atoms with E-state index in [1.807, 2.05) is 24.3 Å². The molecule has 0 aliphatic heterocycles. The summed E-state index contributed by atoms with van der Waals surface area (Å²) >= 11 is 1.58. The van der Waals surface area contributed by atoms with Gasteiger partial charge in [0.15, 0.2) is 0 Å². The van der Waals surface area contributed by atoms with E-state index in [1.54, 1.807) is 25.8 Å². The summed E-state index contributed by atoms with van der Waals surface area (Å²) in [6, 6.07) is 14.4. The van der Waals surface area contributed by atoms with E-state index in [0.717, 1.165) is 52.5 Å². The SMILES string of the molecule is Cc1cc(C)c(SN(Cc2ccc(C(F)(F)F)o2)CC2CC=C(c3cccc(C(C)(C)C(=O)O)c3)CC2)c(C)c1. The molecule has 0 fully saturated rings. The number of carbonyl (C=O) groups is 1. The van der Waals surface area contributed by atoms with E-state index in [1.165, 1.54) is 17.2 Å². The van der Waals surface area contributed by atoms with Gasteiger partial charge < -0.3 is 9.52 Å². The molecule has 2 aromatic carbocycles. The minimum Gasteiger partial charge on any atom is -0.481 e. The summed E-state index contributed by atoms with van der Waals surface area (Å²) in [7, 11) is 0. The fourth-order valence-corrected chi connectivity index (χ4v) is 6.34. The maximum absolute atomic E-state index is 13.2. The molecule has 0 amide bonds. The number of alkyl halides is 3. The summed E-state index contributed by atoms with van der Waals surface area (Å²) in [5.41, 5.74) is 5.48. The third-order valence-corrected chi connectivity index (χ3v) is 8.93. The predicted octanol–water partition coefficient (Wildman–Crippen LogP) is 8.98. The summed E-state index contributed by atoms with van der Waals surface area (Å²) in [5.74, 6) is -1.24. The Bertz CT molecular complexity index is 1380. The van der Waals surface area contributed by atoms with E-state index >= 15 is 0 Å². The largest absolute Gasteiger partial charge is 0.481 e. The van der Waals surface area contributed by atoms with Gasteiger partial charge in [-0.2, -0.15) is 13.2 Å². The first-order valence-electron chi connectivity index (χ1n) is 13.4. The number of halogens is 3. The average Bonchev–Trinajstić information content (AvgIpc) is 3.36. The van der Waals surface area contributed by atoms with Gasteiger partial charge in [-0.25, -0.2) is 4.31 Å².